The summed E-state index contributed by atoms with van der Waals surface area (Å²) in [5.41, 5.74) is 4.52. The lowest BCUT2D eigenvalue weighted by Crippen LogP contribution is -2.13. The number of rotatable bonds is 4. The molecule has 0 unspecified atom stereocenters. The summed E-state index contributed by atoms with van der Waals surface area (Å²) in [4.78, 5) is 17.6. The zero-order chi connectivity index (χ0) is 20.5. The maximum atomic E-state index is 12.9. The van der Waals surface area contributed by atoms with Crippen LogP contribution in [0.1, 0.15) is 16.1 Å². The van der Waals surface area contributed by atoms with Crippen molar-refractivity contribution in [2.24, 2.45) is 0 Å². The van der Waals surface area contributed by atoms with Gasteiger partial charge in [-0.25, -0.2) is 4.98 Å². The van der Waals surface area contributed by atoms with Gasteiger partial charge in [0, 0.05) is 16.8 Å². The van der Waals surface area contributed by atoms with Crippen molar-refractivity contribution < 1.29 is 9.32 Å². The summed E-state index contributed by atoms with van der Waals surface area (Å²) >= 11 is 1.65. The second-order valence-corrected chi connectivity index (χ2v) is 7.88. The van der Waals surface area contributed by atoms with Crippen LogP contribution in [-0.2, 0) is 0 Å². The largest absolute Gasteiger partial charge is 0.360 e. The monoisotopic (exact) mass is 411 g/mol. The second kappa shape index (κ2) is 7.57. The topological polar surface area (TPSA) is 68.0 Å². The fourth-order valence-corrected chi connectivity index (χ4v) is 4.29. The Morgan fingerprint density at radius 3 is 2.40 bits per heavy atom. The average molecular weight is 411 g/mol. The average Bonchev–Trinajstić information content (AvgIpc) is 3.38. The summed E-state index contributed by atoms with van der Waals surface area (Å²) in [5.74, 6) is 0.234. The molecule has 0 aliphatic carbocycles. The summed E-state index contributed by atoms with van der Waals surface area (Å²) in [6.07, 6.45) is 0. The van der Waals surface area contributed by atoms with Crippen LogP contribution in [0, 0.1) is 6.92 Å². The SMILES string of the molecule is Cc1onc(-c2ccccc2)c1C(=O)Nc1ccc(-c2nc3ccccc3s2)cc1. The molecule has 1 N–H and O–H groups in total. The van der Waals surface area contributed by atoms with E-state index in [0.717, 1.165) is 26.4 Å². The molecule has 0 bridgehead atoms. The first-order valence-electron chi connectivity index (χ1n) is 9.48. The predicted octanol–water partition coefficient (Wildman–Crippen LogP) is 6.18. The third-order valence-electron chi connectivity index (χ3n) is 4.82. The van der Waals surface area contributed by atoms with Crippen LogP contribution in [0.4, 0.5) is 5.69 Å². The standard InChI is InChI=1S/C24H17N3O2S/c1-15-21(22(27-29-15)16-7-3-2-4-8-16)23(28)25-18-13-11-17(12-14-18)24-26-19-9-5-6-10-20(19)30-24/h2-14H,1H3,(H,25,28). The highest BCUT2D eigenvalue weighted by molar-refractivity contribution is 7.21. The summed E-state index contributed by atoms with van der Waals surface area (Å²) < 4.78 is 6.45. The van der Waals surface area contributed by atoms with Gasteiger partial charge in [0.25, 0.3) is 5.91 Å². The Kier molecular flexibility index (Phi) is 4.61. The zero-order valence-electron chi connectivity index (χ0n) is 16.1. The van der Waals surface area contributed by atoms with Gasteiger partial charge in [-0.2, -0.15) is 0 Å². The number of fused-ring (bicyclic) bond motifs is 1. The van der Waals surface area contributed by atoms with E-state index in [-0.39, 0.29) is 5.91 Å². The number of anilines is 1. The van der Waals surface area contributed by atoms with Crippen LogP contribution in [-0.4, -0.2) is 16.0 Å². The maximum absolute atomic E-state index is 12.9. The van der Waals surface area contributed by atoms with Crippen molar-refractivity contribution in [3.05, 3.63) is 90.2 Å². The number of para-hydroxylation sites is 1. The number of carbonyl (C=O) groups excluding carboxylic acids is 1. The van der Waals surface area contributed by atoms with Gasteiger partial charge in [-0.15, -0.1) is 11.3 Å². The number of aryl methyl sites for hydroxylation is 1. The van der Waals surface area contributed by atoms with Gasteiger partial charge in [0.05, 0.1) is 10.2 Å². The van der Waals surface area contributed by atoms with Crippen LogP contribution in [0.3, 0.4) is 0 Å². The Bertz CT molecular complexity index is 1310. The normalized spacial score (nSPS) is 11.0. The quantitative estimate of drug-likeness (QED) is 0.383. The molecule has 0 saturated carbocycles. The van der Waals surface area contributed by atoms with Gasteiger partial charge in [-0.05, 0) is 43.3 Å². The molecule has 0 atom stereocenters. The number of amides is 1. The molecular weight excluding hydrogens is 394 g/mol. The molecule has 0 saturated heterocycles. The number of benzene rings is 3. The number of carbonyl (C=O) groups is 1. The van der Waals surface area contributed by atoms with E-state index in [0.29, 0.717) is 22.7 Å². The number of nitrogens with one attached hydrogen (secondary N) is 1. The van der Waals surface area contributed by atoms with Gasteiger partial charge in [-0.3, -0.25) is 4.79 Å². The highest BCUT2D eigenvalue weighted by Crippen LogP contribution is 2.31. The van der Waals surface area contributed by atoms with Crippen molar-refractivity contribution in [2.45, 2.75) is 6.92 Å². The van der Waals surface area contributed by atoms with E-state index in [9.17, 15) is 4.79 Å². The number of hydrogen-bond donors (Lipinski definition) is 1. The number of aromatic nitrogens is 2. The Hall–Kier alpha value is -3.77. The molecule has 0 fully saturated rings. The second-order valence-electron chi connectivity index (χ2n) is 6.85. The molecule has 5 rings (SSSR count). The Morgan fingerprint density at radius 1 is 0.900 bits per heavy atom. The van der Waals surface area contributed by atoms with Gasteiger partial charge in [0.15, 0.2) is 0 Å². The number of hydrogen-bond acceptors (Lipinski definition) is 5. The molecule has 0 aliphatic heterocycles. The number of nitrogens with zero attached hydrogens (tertiary/aromatic N) is 2. The Labute approximate surface area is 177 Å². The molecule has 1 amide bonds. The zero-order valence-corrected chi connectivity index (χ0v) is 16.9. The molecule has 3 aromatic carbocycles. The van der Waals surface area contributed by atoms with Crippen LogP contribution < -0.4 is 5.32 Å². The highest BCUT2D eigenvalue weighted by Gasteiger charge is 2.21. The van der Waals surface area contributed by atoms with Crippen LogP contribution in [0.15, 0.2) is 83.4 Å². The lowest BCUT2D eigenvalue weighted by atomic mass is 10.1. The summed E-state index contributed by atoms with van der Waals surface area (Å²) in [5, 5.41) is 7.98. The van der Waals surface area contributed by atoms with Gasteiger partial charge in [-0.1, -0.05) is 47.6 Å². The molecule has 5 aromatic rings. The van der Waals surface area contributed by atoms with Crippen molar-refractivity contribution in [1.29, 1.82) is 0 Å². The minimum Gasteiger partial charge on any atom is -0.360 e. The minimum absolute atomic E-state index is 0.250. The van der Waals surface area contributed by atoms with E-state index < -0.39 is 0 Å². The fourth-order valence-electron chi connectivity index (χ4n) is 3.32. The first kappa shape index (κ1) is 18.3. The first-order valence-corrected chi connectivity index (χ1v) is 10.3. The summed E-state index contributed by atoms with van der Waals surface area (Å²) in [6, 6.07) is 25.3. The Balaban J connectivity index is 1.39. The van der Waals surface area contributed by atoms with E-state index in [1.54, 1.807) is 18.3 Å². The van der Waals surface area contributed by atoms with E-state index in [1.165, 1.54) is 0 Å². The molecule has 6 heteroatoms. The third-order valence-corrected chi connectivity index (χ3v) is 5.91. The first-order chi connectivity index (χ1) is 14.7. The third kappa shape index (κ3) is 3.38. The number of thiazole rings is 1. The van der Waals surface area contributed by atoms with Crippen LogP contribution >= 0.6 is 11.3 Å². The van der Waals surface area contributed by atoms with E-state index >= 15 is 0 Å². The molecule has 0 spiro atoms. The van der Waals surface area contributed by atoms with Crippen LogP contribution in [0.5, 0.6) is 0 Å². The molecular formula is C24H17N3O2S. The van der Waals surface area contributed by atoms with Crippen LogP contribution in [0.25, 0.3) is 32.0 Å². The van der Waals surface area contributed by atoms with Gasteiger partial charge < -0.3 is 9.84 Å². The van der Waals surface area contributed by atoms with Gasteiger partial charge >= 0.3 is 0 Å². The van der Waals surface area contributed by atoms with E-state index in [1.807, 2.05) is 72.8 Å². The Morgan fingerprint density at radius 2 is 1.63 bits per heavy atom. The summed E-state index contributed by atoms with van der Waals surface area (Å²) in [6.45, 7) is 1.74. The van der Waals surface area contributed by atoms with Crippen molar-refractivity contribution in [2.75, 3.05) is 5.32 Å². The van der Waals surface area contributed by atoms with Crippen molar-refractivity contribution in [3.63, 3.8) is 0 Å². The van der Waals surface area contributed by atoms with Crippen molar-refractivity contribution in [1.82, 2.24) is 10.1 Å². The minimum atomic E-state index is -0.250. The van der Waals surface area contributed by atoms with Crippen molar-refractivity contribution in [3.8, 4) is 21.8 Å². The lowest BCUT2D eigenvalue weighted by molar-refractivity contribution is 0.102. The highest BCUT2D eigenvalue weighted by atomic mass is 32.1. The smallest absolute Gasteiger partial charge is 0.261 e. The molecule has 0 radical (unpaired) electrons. The lowest BCUT2D eigenvalue weighted by Gasteiger charge is -2.06. The van der Waals surface area contributed by atoms with Crippen LogP contribution in [0.2, 0.25) is 0 Å². The predicted molar refractivity (Wildman–Crippen MR) is 120 cm³/mol. The van der Waals surface area contributed by atoms with E-state index in [4.69, 9.17) is 4.52 Å². The molecule has 30 heavy (non-hydrogen) atoms. The fraction of sp³-hybridized carbons (Fsp3) is 0.0417. The molecule has 5 nitrogen and oxygen atoms in total. The molecule has 146 valence electrons. The van der Waals surface area contributed by atoms with Gasteiger partial charge in [0.1, 0.15) is 22.0 Å². The maximum Gasteiger partial charge on any atom is 0.261 e. The molecule has 0 aliphatic rings. The van der Waals surface area contributed by atoms with Crippen molar-refractivity contribution >= 4 is 33.1 Å². The molecule has 2 heterocycles. The summed E-state index contributed by atoms with van der Waals surface area (Å²) in [7, 11) is 0. The van der Waals surface area contributed by atoms with Gasteiger partial charge in [0.2, 0.25) is 0 Å². The molecule has 2 aromatic heterocycles. The van der Waals surface area contributed by atoms with E-state index in [2.05, 4.69) is 21.5 Å².